The molecule has 0 aromatic heterocycles. The number of carbonyl (C=O) groups is 3. The Kier molecular flexibility index (Phi) is 10.0. The molecular formula is C25H38N4O3. The Labute approximate surface area is 191 Å². The van der Waals surface area contributed by atoms with Crippen molar-refractivity contribution < 1.29 is 14.4 Å². The quantitative estimate of drug-likeness (QED) is 0.663. The van der Waals surface area contributed by atoms with Crippen LogP contribution in [0.4, 0.5) is 0 Å². The minimum Gasteiger partial charge on any atom is -0.356 e. The summed E-state index contributed by atoms with van der Waals surface area (Å²) >= 11 is 0. The number of piperidine rings is 1. The summed E-state index contributed by atoms with van der Waals surface area (Å²) in [6.07, 6.45) is 7.25. The summed E-state index contributed by atoms with van der Waals surface area (Å²) in [4.78, 5) is 42.1. The van der Waals surface area contributed by atoms with Gasteiger partial charge >= 0.3 is 0 Å². The van der Waals surface area contributed by atoms with Crippen molar-refractivity contribution >= 4 is 17.7 Å². The van der Waals surface area contributed by atoms with Crippen LogP contribution in [0.3, 0.4) is 0 Å². The first-order valence-electron chi connectivity index (χ1n) is 12.2. The largest absolute Gasteiger partial charge is 0.356 e. The highest BCUT2D eigenvalue weighted by atomic mass is 16.2. The van der Waals surface area contributed by atoms with Crippen molar-refractivity contribution in [3.05, 3.63) is 35.9 Å². The Bertz CT molecular complexity index is 734. The molecule has 7 nitrogen and oxygen atoms in total. The Morgan fingerprint density at radius 1 is 0.969 bits per heavy atom. The van der Waals surface area contributed by atoms with Crippen LogP contribution >= 0.6 is 0 Å². The molecule has 0 radical (unpaired) electrons. The number of carbonyl (C=O) groups excluding carboxylic acids is 3. The Morgan fingerprint density at radius 3 is 2.53 bits per heavy atom. The predicted molar refractivity (Wildman–Crippen MR) is 125 cm³/mol. The van der Waals surface area contributed by atoms with E-state index in [1.165, 1.54) is 32.4 Å². The van der Waals surface area contributed by atoms with Crippen LogP contribution in [0.15, 0.2) is 30.3 Å². The second-order valence-electron chi connectivity index (χ2n) is 8.93. The molecule has 0 spiro atoms. The molecule has 2 saturated heterocycles. The average Bonchev–Trinajstić information content (AvgIpc) is 2.87. The summed E-state index contributed by atoms with van der Waals surface area (Å²) in [6.45, 7) is 5.53. The van der Waals surface area contributed by atoms with Crippen LogP contribution in [0.25, 0.3) is 0 Å². The second kappa shape index (κ2) is 13.2. The van der Waals surface area contributed by atoms with Crippen molar-refractivity contribution in [2.24, 2.45) is 5.92 Å². The number of likely N-dealkylation sites (tertiary alicyclic amines) is 1. The molecule has 7 heteroatoms. The van der Waals surface area contributed by atoms with E-state index in [-0.39, 0.29) is 30.1 Å². The normalized spacial score (nSPS) is 21.3. The van der Waals surface area contributed by atoms with Gasteiger partial charge in [0.25, 0.3) is 5.91 Å². The SMILES string of the molecule is O=C1CCN(C(=O)c2ccccc2)CCCC(C(=O)NCCCN2CCCCC2)CCN1. The van der Waals surface area contributed by atoms with Crippen LogP contribution in [0.1, 0.15) is 61.7 Å². The Morgan fingerprint density at radius 2 is 1.75 bits per heavy atom. The highest BCUT2D eigenvalue weighted by Gasteiger charge is 2.22. The zero-order valence-corrected chi connectivity index (χ0v) is 19.2. The van der Waals surface area contributed by atoms with E-state index in [4.69, 9.17) is 0 Å². The van der Waals surface area contributed by atoms with E-state index in [2.05, 4.69) is 15.5 Å². The maximum Gasteiger partial charge on any atom is 0.253 e. The highest BCUT2D eigenvalue weighted by molar-refractivity contribution is 5.94. The van der Waals surface area contributed by atoms with Crippen molar-refractivity contribution in [3.8, 4) is 0 Å². The lowest BCUT2D eigenvalue weighted by molar-refractivity contribution is -0.126. The van der Waals surface area contributed by atoms with E-state index in [9.17, 15) is 14.4 Å². The molecule has 2 fully saturated rings. The molecule has 176 valence electrons. The fourth-order valence-corrected chi connectivity index (χ4v) is 4.57. The topological polar surface area (TPSA) is 81.8 Å². The van der Waals surface area contributed by atoms with Gasteiger partial charge in [0.1, 0.15) is 0 Å². The molecule has 2 aliphatic heterocycles. The van der Waals surface area contributed by atoms with Crippen molar-refractivity contribution in [1.82, 2.24) is 20.4 Å². The molecular weight excluding hydrogens is 404 g/mol. The number of amides is 3. The molecule has 2 aliphatic rings. The van der Waals surface area contributed by atoms with Gasteiger partial charge in [0, 0.05) is 44.1 Å². The maximum atomic E-state index is 12.9. The Hall–Kier alpha value is -2.41. The van der Waals surface area contributed by atoms with Crippen LogP contribution in [0, 0.1) is 5.92 Å². The van der Waals surface area contributed by atoms with Crippen LogP contribution in [-0.4, -0.2) is 73.3 Å². The molecule has 1 unspecified atom stereocenters. The summed E-state index contributed by atoms with van der Waals surface area (Å²) in [5.74, 6) is -0.204. The van der Waals surface area contributed by atoms with Gasteiger partial charge in [-0.1, -0.05) is 24.6 Å². The molecule has 3 rings (SSSR count). The predicted octanol–water partition coefficient (Wildman–Crippen LogP) is 2.43. The van der Waals surface area contributed by atoms with Gasteiger partial charge in [-0.25, -0.2) is 0 Å². The molecule has 0 bridgehead atoms. The molecule has 0 aliphatic carbocycles. The van der Waals surface area contributed by atoms with Crippen LogP contribution in [0.2, 0.25) is 0 Å². The van der Waals surface area contributed by atoms with Crippen molar-refractivity contribution in [2.45, 2.75) is 51.4 Å². The lowest BCUT2D eigenvalue weighted by Crippen LogP contribution is -2.36. The smallest absolute Gasteiger partial charge is 0.253 e. The number of hydrogen-bond donors (Lipinski definition) is 2. The summed E-state index contributed by atoms with van der Waals surface area (Å²) < 4.78 is 0. The van der Waals surface area contributed by atoms with Gasteiger partial charge in [-0.15, -0.1) is 0 Å². The molecule has 2 heterocycles. The average molecular weight is 443 g/mol. The van der Waals surface area contributed by atoms with Gasteiger partial charge in [0.2, 0.25) is 11.8 Å². The number of benzene rings is 1. The highest BCUT2D eigenvalue weighted by Crippen LogP contribution is 2.15. The molecule has 1 aromatic rings. The van der Waals surface area contributed by atoms with Crippen LogP contribution < -0.4 is 10.6 Å². The van der Waals surface area contributed by atoms with Gasteiger partial charge in [-0.3, -0.25) is 14.4 Å². The van der Waals surface area contributed by atoms with E-state index >= 15 is 0 Å². The van der Waals surface area contributed by atoms with Gasteiger partial charge < -0.3 is 20.4 Å². The lowest BCUT2D eigenvalue weighted by Gasteiger charge is -2.26. The zero-order valence-electron chi connectivity index (χ0n) is 19.2. The second-order valence-corrected chi connectivity index (χ2v) is 8.93. The first-order valence-corrected chi connectivity index (χ1v) is 12.2. The summed E-state index contributed by atoms with van der Waals surface area (Å²) in [7, 11) is 0. The van der Waals surface area contributed by atoms with E-state index in [1.807, 2.05) is 18.2 Å². The van der Waals surface area contributed by atoms with Crippen molar-refractivity contribution in [1.29, 1.82) is 0 Å². The molecule has 3 amide bonds. The van der Waals surface area contributed by atoms with Crippen molar-refractivity contribution in [3.63, 3.8) is 0 Å². The molecule has 2 N–H and O–H groups in total. The number of rotatable bonds is 6. The van der Waals surface area contributed by atoms with Crippen LogP contribution in [0.5, 0.6) is 0 Å². The van der Waals surface area contributed by atoms with Gasteiger partial charge in [-0.2, -0.15) is 0 Å². The molecule has 1 aromatic carbocycles. The van der Waals surface area contributed by atoms with Gasteiger partial charge in [0.15, 0.2) is 0 Å². The minimum atomic E-state index is -0.142. The van der Waals surface area contributed by atoms with E-state index in [0.717, 1.165) is 19.4 Å². The summed E-state index contributed by atoms with van der Waals surface area (Å²) in [5.41, 5.74) is 0.630. The maximum absolute atomic E-state index is 12.9. The van der Waals surface area contributed by atoms with Crippen LogP contribution in [-0.2, 0) is 9.59 Å². The molecule has 32 heavy (non-hydrogen) atoms. The van der Waals surface area contributed by atoms with E-state index in [1.54, 1.807) is 17.0 Å². The van der Waals surface area contributed by atoms with E-state index in [0.29, 0.717) is 44.6 Å². The van der Waals surface area contributed by atoms with Crippen molar-refractivity contribution in [2.75, 3.05) is 45.8 Å². The fourth-order valence-electron chi connectivity index (χ4n) is 4.57. The summed E-state index contributed by atoms with van der Waals surface area (Å²) in [5, 5.41) is 6.01. The standard InChI is InChI=1S/C25H38N4O3/c30-23-13-20-29(25(32)22-9-3-1-4-10-22)19-7-11-21(12-15-26-23)24(31)27-14-8-18-28-16-5-2-6-17-28/h1,3-4,9-10,21H,2,5-8,11-20H2,(H,26,30)(H,27,31). The number of nitrogens with one attached hydrogen (secondary N) is 2. The first kappa shape index (κ1) is 24.2. The Balaban J connectivity index is 1.48. The number of nitrogens with zero attached hydrogens (tertiary/aromatic N) is 2. The third-order valence-electron chi connectivity index (χ3n) is 6.48. The van der Waals surface area contributed by atoms with Gasteiger partial charge in [-0.05, 0) is 70.3 Å². The fraction of sp³-hybridized carbons (Fsp3) is 0.640. The zero-order chi connectivity index (χ0) is 22.6. The third kappa shape index (κ3) is 7.93. The lowest BCUT2D eigenvalue weighted by atomic mass is 9.98. The monoisotopic (exact) mass is 442 g/mol. The minimum absolute atomic E-state index is 0.0589. The summed E-state index contributed by atoms with van der Waals surface area (Å²) in [6, 6.07) is 9.17. The third-order valence-corrected chi connectivity index (χ3v) is 6.48. The molecule has 0 saturated carbocycles. The molecule has 1 atom stereocenters. The van der Waals surface area contributed by atoms with Gasteiger partial charge in [0.05, 0.1) is 0 Å². The number of hydrogen-bond acceptors (Lipinski definition) is 4. The first-order chi connectivity index (χ1) is 15.6. The van der Waals surface area contributed by atoms with E-state index < -0.39 is 0 Å².